The van der Waals surface area contributed by atoms with Crippen LogP contribution in [0.2, 0.25) is 0 Å². The van der Waals surface area contributed by atoms with E-state index in [1.165, 1.54) is 6.07 Å². The van der Waals surface area contributed by atoms with Gasteiger partial charge in [0.25, 0.3) is 0 Å². The van der Waals surface area contributed by atoms with Crippen molar-refractivity contribution >= 4 is 0 Å². The van der Waals surface area contributed by atoms with Crippen LogP contribution in [0.1, 0.15) is 22.5 Å². The van der Waals surface area contributed by atoms with Crippen LogP contribution in [0.5, 0.6) is 11.5 Å². The van der Waals surface area contributed by atoms with Crippen LogP contribution in [0, 0.1) is 37.9 Å². The van der Waals surface area contributed by atoms with Crippen molar-refractivity contribution in [3.05, 3.63) is 52.6 Å². The minimum atomic E-state index is -0.335. The molecule has 96 valence electrons. The number of nitrogens with zero attached hydrogens (tertiary/aromatic N) is 2. The quantitative estimate of drug-likeness (QED) is 0.820. The van der Waals surface area contributed by atoms with Gasteiger partial charge in [0.15, 0.2) is 0 Å². The van der Waals surface area contributed by atoms with Crippen LogP contribution in [0.15, 0.2) is 24.3 Å². The van der Waals surface area contributed by atoms with Crippen LogP contribution in [-0.4, -0.2) is 4.98 Å². The normalized spacial score (nSPS) is 10.1. The molecule has 0 radical (unpaired) electrons. The maximum absolute atomic E-state index is 13.5. The van der Waals surface area contributed by atoms with Crippen molar-refractivity contribution in [2.75, 3.05) is 0 Å². The molecule has 19 heavy (non-hydrogen) atoms. The van der Waals surface area contributed by atoms with Gasteiger partial charge in [0.1, 0.15) is 28.9 Å². The first-order chi connectivity index (χ1) is 9.01. The van der Waals surface area contributed by atoms with Crippen LogP contribution >= 0.6 is 0 Å². The van der Waals surface area contributed by atoms with E-state index in [1.54, 1.807) is 32.0 Å². The second kappa shape index (κ2) is 5.07. The third kappa shape index (κ3) is 2.71. The van der Waals surface area contributed by atoms with Gasteiger partial charge in [0, 0.05) is 17.8 Å². The van der Waals surface area contributed by atoms with Gasteiger partial charge in [-0.1, -0.05) is 6.07 Å². The van der Waals surface area contributed by atoms with E-state index >= 15 is 0 Å². The SMILES string of the molecule is Cc1cc(Oc2ccc(C)c(F)c2)c(C#N)c(C)n1. The molecule has 4 heteroatoms. The molecule has 3 nitrogen and oxygen atoms in total. The minimum Gasteiger partial charge on any atom is -0.456 e. The number of hydrogen-bond donors (Lipinski definition) is 0. The summed E-state index contributed by atoms with van der Waals surface area (Å²) in [5.74, 6) is 0.430. The lowest BCUT2D eigenvalue weighted by Gasteiger charge is -2.10. The van der Waals surface area contributed by atoms with Crippen molar-refractivity contribution in [1.82, 2.24) is 4.98 Å². The highest BCUT2D eigenvalue weighted by molar-refractivity contribution is 5.48. The molecule has 0 aliphatic rings. The third-order valence-electron chi connectivity index (χ3n) is 2.78. The Labute approximate surface area is 111 Å². The first kappa shape index (κ1) is 13.0. The van der Waals surface area contributed by atoms with Gasteiger partial charge in [-0.25, -0.2) is 4.39 Å². The topological polar surface area (TPSA) is 45.9 Å². The van der Waals surface area contributed by atoms with Gasteiger partial charge in [-0.2, -0.15) is 5.26 Å². The molecule has 0 spiro atoms. The summed E-state index contributed by atoms with van der Waals surface area (Å²) in [6.07, 6.45) is 0. The van der Waals surface area contributed by atoms with Crippen molar-refractivity contribution in [3.8, 4) is 17.6 Å². The molecule has 2 aromatic rings. The highest BCUT2D eigenvalue weighted by Gasteiger charge is 2.11. The van der Waals surface area contributed by atoms with Gasteiger partial charge >= 0.3 is 0 Å². The first-order valence-electron chi connectivity index (χ1n) is 5.83. The van der Waals surface area contributed by atoms with Gasteiger partial charge in [0.2, 0.25) is 0 Å². The number of ether oxygens (including phenoxy) is 1. The highest BCUT2D eigenvalue weighted by Crippen LogP contribution is 2.28. The molecule has 1 heterocycles. The van der Waals surface area contributed by atoms with Crippen LogP contribution < -0.4 is 4.74 Å². The first-order valence-corrected chi connectivity index (χ1v) is 5.83. The fraction of sp³-hybridized carbons (Fsp3) is 0.200. The molecule has 0 aliphatic heterocycles. The maximum atomic E-state index is 13.5. The van der Waals surface area contributed by atoms with Gasteiger partial charge in [-0.05, 0) is 32.4 Å². The number of halogens is 1. The third-order valence-corrected chi connectivity index (χ3v) is 2.78. The molecule has 0 unspecified atom stereocenters. The van der Waals surface area contributed by atoms with Crippen LogP contribution in [-0.2, 0) is 0 Å². The average Bonchev–Trinajstić information content (AvgIpc) is 2.33. The summed E-state index contributed by atoms with van der Waals surface area (Å²) in [5.41, 5.74) is 2.27. The lowest BCUT2D eigenvalue weighted by molar-refractivity contribution is 0.472. The second-order valence-electron chi connectivity index (χ2n) is 4.35. The minimum absolute atomic E-state index is 0.335. The standard InChI is InChI=1S/C15H13FN2O/c1-9-4-5-12(7-14(9)16)19-15-6-10(2)18-11(3)13(15)8-17/h4-7H,1-3H3. The summed E-state index contributed by atoms with van der Waals surface area (Å²) in [6.45, 7) is 5.24. The molecule has 0 aliphatic carbocycles. The number of hydrogen-bond acceptors (Lipinski definition) is 3. The summed E-state index contributed by atoms with van der Waals surface area (Å²) in [6, 6.07) is 8.34. The summed E-state index contributed by atoms with van der Waals surface area (Å²) < 4.78 is 19.1. The van der Waals surface area contributed by atoms with E-state index in [9.17, 15) is 4.39 Å². The van der Waals surface area contributed by atoms with Crippen LogP contribution in [0.25, 0.3) is 0 Å². The fourth-order valence-electron chi connectivity index (χ4n) is 1.77. The molecule has 0 fully saturated rings. The Bertz CT molecular complexity index is 675. The predicted molar refractivity (Wildman–Crippen MR) is 69.6 cm³/mol. The number of pyridine rings is 1. The Hall–Kier alpha value is -2.41. The van der Waals surface area contributed by atoms with Gasteiger partial charge in [-0.15, -0.1) is 0 Å². The number of aryl methyl sites for hydroxylation is 3. The monoisotopic (exact) mass is 256 g/mol. The summed E-state index contributed by atoms with van der Waals surface area (Å²) in [5, 5.41) is 9.12. The number of aromatic nitrogens is 1. The fourth-order valence-corrected chi connectivity index (χ4v) is 1.77. The maximum Gasteiger partial charge on any atom is 0.148 e. The van der Waals surface area contributed by atoms with Crippen molar-refractivity contribution in [1.29, 1.82) is 5.26 Å². The zero-order valence-electron chi connectivity index (χ0n) is 11.0. The molecule has 1 aromatic carbocycles. The van der Waals surface area contributed by atoms with Crippen molar-refractivity contribution in [2.45, 2.75) is 20.8 Å². The van der Waals surface area contributed by atoms with Crippen molar-refractivity contribution in [3.63, 3.8) is 0 Å². The summed E-state index contributed by atoms with van der Waals surface area (Å²) >= 11 is 0. The number of rotatable bonds is 2. The molecule has 2 rings (SSSR count). The van der Waals surface area contributed by atoms with Gasteiger partial charge < -0.3 is 4.74 Å². The van der Waals surface area contributed by atoms with Gasteiger partial charge in [0.05, 0.1) is 5.69 Å². The Morgan fingerprint density at radius 1 is 1.21 bits per heavy atom. The molecule has 0 atom stereocenters. The molecule has 0 N–H and O–H groups in total. The molecule has 0 saturated heterocycles. The van der Waals surface area contributed by atoms with Crippen molar-refractivity contribution in [2.24, 2.45) is 0 Å². The molecular weight excluding hydrogens is 243 g/mol. The smallest absolute Gasteiger partial charge is 0.148 e. The average molecular weight is 256 g/mol. The van der Waals surface area contributed by atoms with E-state index < -0.39 is 0 Å². The molecule has 1 aromatic heterocycles. The summed E-state index contributed by atoms with van der Waals surface area (Å²) in [4.78, 5) is 4.20. The van der Waals surface area contributed by atoms with E-state index in [1.807, 2.05) is 6.92 Å². The van der Waals surface area contributed by atoms with E-state index in [-0.39, 0.29) is 5.82 Å². The molecule has 0 bridgehead atoms. The molecule has 0 saturated carbocycles. The Kier molecular flexibility index (Phi) is 3.48. The van der Waals surface area contributed by atoms with Crippen LogP contribution in [0.3, 0.4) is 0 Å². The van der Waals surface area contributed by atoms with E-state index in [2.05, 4.69) is 11.1 Å². The predicted octanol–water partition coefficient (Wildman–Crippen LogP) is 3.81. The van der Waals surface area contributed by atoms with Crippen LogP contribution in [0.4, 0.5) is 4.39 Å². The number of nitriles is 1. The molecular formula is C15H13FN2O. The van der Waals surface area contributed by atoms with E-state index in [4.69, 9.17) is 10.00 Å². The molecule has 0 amide bonds. The number of benzene rings is 1. The Morgan fingerprint density at radius 3 is 2.58 bits per heavy atom. The largest absolute Gasteiger partial charge is 0.456 e. The Morgan fingerprint density at radius 2 is 1.95 bits per heavy atom. The van der Waals surface area contributed by atoms with Gasteiger partial charge in [-0.3, -0.25) is 4.98 Å². The van der Waals surface area contributed by atoms with Crippen molar-refractivity contribution < 1.29 is 9.13 Å². The zero-order valence-corrected chi connectivity index (χ0v) is 11.0. The zero-order chi connectivity index (χ0) is 14.0. The lowest BCUT2D eigenvalue weighted by Crippen LogP contribution is -1.96. The summed E-state index contributed by atoms with van der Waals surface area (Å²) in [7, 11) is 0. The lowest BCUT2D eigenvalue weighted by atomic mass is 10.2. The second-order valence-corrected chi connectivity index (χ2v) is 4.35. The Balaban J connectivity index is 2.43. The van der Waals surface area contributed by atoms with E-state index in [0.29, 0.717) is 28.3 Å². The highest BCUT2D eigenvalue weighted by atomic mass is 19.1. The van der Waals surface area contributed by atoms with E-state index in [0.717, 1.165) is 5.69 Å².